The molecule has 0 spiro atoms. The molecule has 92 valence electrons. The summed E-state index contributed by atoms with van der Waals surface area (Å²) in [5, 5.41) is 5.56. The van der Waals surface area contributed by atoms with Gasteiger partial charge in [-0.1, -0.05) is 48.5 Å². The van der Waals surface area contributed by atoms with E-state index in [0.717, 1.165) is 11.3 Å². The summed E-state index contributed by atoms with van der Waals surface area (Å²) in [4.78, 5) is 0. The van der Waals surface area contributed by atoms with Gasteiger partial charge in [0.2, 0.25) is 9.68 Å². The Kier molecular flexibility index (Phi) is 4.66. The maximum atomic E-state index is 5.27. The van der Waals surface area contributed by atoms with Gasteiger partial charge >= 0.3 is 0 Å². The second kappa shape index (κ2) is 6.71. The van der Waals surface area contributed by atoms with Gasteiger partial charge in [-0.2, -0.15) is 5.11 Å². The topological polar surface area (TPSA) is 34.0 Å². The van der Waals surface area contributed by atoms with Crippen LogP contribution in [0.1, 0.15) is 5.56 Å². The zero-order chi connectivity index (χ0) is 12.6. The van der Waals surface area contributed by atoms with Crippen LogP contribution in [0.3, 0.4) is 0 Å². The Morgan fingerprint density at radius 1 is 1.00 bits per heavy atom. The van der Waals surface area contributed by atoms with E-state index in [1.54, 1.807) is 7.11 Å². The van der Waals surface area contributed by atoms with Crippen LogP contribution in [-0.4, -0.2) is 16.8 Å². The summed E-state index contributed by atoms with van der Waals surface area (Å²) in [6, 6.07) is 18.2. The number of ether oxygens (including phenoxy) is 1. The van der Waals surface area contributed by atoms with Crippen LogP contribution >= 0.6 is 0 Å². The van der Waals surface area contributed by atoms with Crippen LogP contribution in [0, 0.1) is 0 Å². The number of hydrogen-bond donors (Lipinski definition) is 0. The molecule has 3 nitrogen and oxygen atoms in total. The van der Waals surface area contributed by atoms with Gasteiger partial charge in [0.25, 0.3) is 0 Å². The molecule has 0 unspecified atom stereocenters. The van der Waals surface area contributed by atoms with Crippen LogP contribution in [0.2, 0.25) is 0 Å². The van der Waals surface area contributed by atoms with Gasteiger partial charge in [0.1, 0.15) is 5.75 Å². The lowest BCUT2D eigenvalue weighted by Crippen LogP contribution is -2.09. The third-order valence-electron chi connectivity index (χ3n) is 2.63. The van der Waals surface area contributed by atoms with Crippen molar-refractivity contribution < 1.29 is 4.74 Å². The van der Waals surface area contributed by atoms with Crippen molar-refractivity contribution in [3.63, 3.8) is 0 Å². The van der Waals surface area contributed by atoms with Gasteiger partial charge < -0.3 is 4.74 Å². The molecule has 2 aromatic carbocycles. The summed E-state index contributed by atoms with van der Waals surface area (Å²) in [7, 11) is 1.05. The van der Waals surface area contributed by atoms with Gasteiger partial charge in [-0.25, -0.2) is 4.78 Å². The van der Waals surface area contributed by atoms with Gasteiger partial charge in [-0.3, -0.25) is 0 Å². The molecule has 0 atom stereocenters. The highest BCUT2D eigenvalue weighted by atomic mass is 28.2. The van der Waals surface area contributed by atoms with Crippen molar-refractivity contribution in [2.24, 2.45) is 9.89 Å². The Bertz CT molecular complexity index is 514. The van der Waals surface area contributed by atoms with Crippen molar-refractivity contribution >= 4 is 14.9 Å². The molecule has 2 aromatic rings. The third-order valence-corrected chi connectivity index (χ3v) is 3.81. The number of nitrogens with zero attached hydrogens (tertiary/aromatic N) is 2. The molecule has 0 saturated heterocycles. The molecule has 0 bridgehead atoms. The molecular formula is C14H16N2OSi. The molecule has 2 rings (SSSR count). The zero-order valence-corrected chi connectivity index (χ0v) is 11.8. The van der Waals surface area contributed by atoms with Gasteiger partial charge in [0.15, 0.2) is 0 Å². The van der Waals surface area contributed by atoms with E-state index in [4.69, 9.17) is 4.74 Å². The van der Waals surface area contributed by atoms with E-state index in [-0.39, 0.29) is 0 Å². The largest absolute Gasteiger partial charge is 0.496 e. The molecule has 0 fully saturated rings. The highest BCUT2D eigenvalue weighted by Crippen LogP contribution is 2.17. The van der Waals surface area contributed by atoms with Crippen molar-refractivity contribution in [2.45, 2.75) is 6.54 Å². The van der Waals surface area contributed by atoms with Crippen LogP contribution in [0.5, 0.6) is 5.75 Å². The highest BCUT2D eigenvalue weighted by molar-refractivity contribution is 6.51. The second-order valence-corrected chi connectivity index (χ2v) is 5.31. The van der Waals surface area contributed by atoms with E-state index < -0.39 is 9.68 Å². The Labute approximate surface area is 109 Å². The number of para-hydroxylation sites is 1. The highest BCUT2D eigenvalue weighted by Gasteiger charge is 1.99. The van der Waals surface area contributed by atoms with Crippen LogP contribution in [0.15, 0.2) is 64.5 Å². The third kappa shape index (κ3) is 3.53. The first-order chi connectivity index (χ1) is 8.90. The fourth-order valence-corrected chi connectivity index (χ4v) is 2.52. The Morgan fingerprint density at radius 3 is 2.50 bits per heavy atom. The summed E-state index contributed by atoms with van der Waals surface area (Å²) in [5.41, 5.74) is 1.07. The first-order valence-corrected chi connectivity index (χ1v) is 7.23. The minimum absolute atomic E-state index is 0.587. The molecule has 0 amide bonds. The van der Waals surface area contributed by atoms with Gasteiger partial charge in [0.05, 0.1) is 13.7 Å². The van der Waals surface area contributed by atoms with Crippen LogP contribution in [0.4, 0.5) is 0 Å². The second-order valence-electron chi connectivity index (χ2n) is 3.90. The quantitative estimate of drug-likeness (QED) is 0.595. The van der Waals surface area contributed by atoms with Crippen LogP contribution < -0.4 is 9.92 Å². The van der Waals surface area contributed by atoms with E-state index in [2.05, 4.69) is 22.0 Å². The average molecular weight is 256 g/mol. The lowest BCUT2D eigenvalue weighted by atomic mass is 10.2. The standard InChI is InChI=1S/C14H16N2OSi/c1-17-14-10-6-5-7-12(14)11-15-16-18-13-8-3-2-4-9-13/h2-10H,11,18H2,1H3. The lowest BCUT2D eigenvalue weighted by Gasteiger charge is -2.04. The average Bonchev–Trinajstić information content (AvgIpc) is 2.45. The molecule has 4 heteroatoms. The monoisotopic (exact) mass is 256 g/mol. The number of methoxy groups -OCH3 is 1. The minimum Gasteiger partial charge on any atom is -0.496 e. The molecule has 0 aromatic heterocycles. The predicted molar refractivity (Wildman–Crippen MR) is 76.2 cm³/mol. The summed E-state index contributed by atoms with van der Waals surface area (Å²) < 4.78 is 9.59. The summed E-state index contributed by atoms with van der Waals surface area (Å²) >= 11 is 0. The van der Waals surface area contributed by atoms with E-state index >= 15 is 0 Å². The molecule has 18 heavy (non-hydrogen) atoms. The molecule has 0 radical (unpaired) electrons. The fraction of sp³-hybridized carbons (Fsp3) is 0.143. The predicted octanol–water partition coefficient (Wildman–Crippen LogP) is 2.06. The van der Waals surface area contributed by atoms with E-state index in [1.807, 2.05) is 42.5 Å². The molecule has 0 heterocycles. The van der Waals surface area contributed by atoms with Crippen molar-refractivity contribution in [2.75, 3.05) is 7.11 Å². The molecule has 0 aliphatic rings. The normalized spacial score (nSPS) is 11.4. The molecule has 0 saturated carbocycles. The van der Waals surface area contributed by atoms with Crippen LogP contribution in [0.25, 0.3) is 0 Å². The lowest BCUT2D eigenvalue weighted by molar-refractivity contribution is 0.409. The van der Waals surface area contributed by atoms with Gasteiger partial charge in [0, 0.05) is 5.56 Å². The fourth-order valence-electron chi connectivity index (χ4n) is 1.67. The van der Waals surface area contributed by atoms with Crippen molar-refractivity contribution in [3.8, 4) is 5.75 Å². The SMILES string of the molecule is COc1ccccc1CN=N[SiH2]c1ccccc1. The summed E-state index contributed by atoms with van der Waals surface area (Å²) in [6.07, 6.45) is 0. The van der Waals surface area contributed by atoms with E-state index in [9.17, 15) is 0 Å². The minimum atomic E-state index is -0.628. The van der Waals surface area contributed by atoms with Crippen molar-refractivity contribution in [3.05, 3.63) is 60.2 Å². The molecule has 0 aliphatic heterocycles. The van der Waals surface area contributed by atoms with Crippen molar-refractivity contribution in [1.82, 2.24) is 0 Å². The Morgan fingerprint density at radius 2 is 1.72 bits per heavy atom. The van der Waals surface area contributed by atoms with E-state index in [1.165, 1.54) is 5.19 Å². The first kappa shape index (κ1) is 12.5. The smallest absolute Gasteiger partial charge is 0.209 e. The molecule has 0 N–H and O–H groups in total. The summed E-state index contributed by atoms with van der Waals surface area (Å²) in [5.74, 6) is 0.873. The summed E-state index contributed by atoms with van der Waals surface area (Å²) in [6.45, 7) is 0.587. The van der Waals surface area contributed by atoms with Crippen LogP contribution in [-0.2, 0) is 6.54 Å². The van der Waals surface area contributed by atoms with E-state index in [0.29, 0.717) is 6.54 Å². The number of benzene rings is 2. The zero-order valence-electron chi connectivity index (χ0n) is 10.4. The maximum absolute atomic E-state index is 5.27. The Balaban J connectivity index is 1.91. The van der Waals surface area contributed by atoms with Gasteiger partial charge in [-0.05, 0) is 11.3 Å². The molecular weight excluding hydrogens is 240 g/mol. The Hall–Kier alpha value is -1.94. The maximum Gasteiger partial charge on any atom is 0.209 e. The van der Waals surface area contributed by atoms with Crippen molar-refractivity contribution in [1.29, 1.82) is 0 Å². The number of rotatable bonds is 5. The number of hydrogen-bond acceptors (Lipinski definition) is 3. The molecule has 0 aliphatic carbocycles. The first-order valence-electron chi connectivity index (χ1n) is 5.89. The van der Waals surface area contributed by atoms with Gasteiger partial charge in [-0.15, -0.1) is 0 Å².